The van der Waals surface area contributed by atoms with E-state index in [0.29, 0.717) is 28.5 Å². The van der Waals surface area contributed by atoms with Crippen molar-refractivity contribution < 1.29 is 18.3 Å². The molecule has 1 amide bonds. The number of aromatic nitrogens is 3. The van der Waals surface area contributed by atoms with Gasteiger partial charge in [0.1, 0.15) is 23.9 Å². The molecule has 0 fully saturated rings. The summed E-state index contributed by atoms with van der Waals surface area (Å²) < 4.78 is 35.1. The molecular formula is C23H20F2N4O2. The Balaban J connectivity index is 1.63. The van der Waals surface area contributed by atoms with Gasteiger partial charge in [0, 0.05) is 23.8 Å². The highest BCUT2D eigenvalue weighted by Crippen LogP contribution is 2.25. The Kier molecular flexibility index (Phi) is 5.62. The van der Waals surface area contributed by atoms with Crippen LogP contribution in [0.25, 0.3) is 5.65 Å². The first-order chi connectivity index (χ1) is 15.0. The van der Waals surface area contributed by atoms with E-state index in [9.17, 15) is 13.6 Å². The third-order valence-electron chi connectivity index (χ3n) is 4.87. The van der Waals surface area contributed by atoms with Gasteiger partial charge in [-0.15, -0.1) is 0 Å². The number of halogens is 2. The first-order valence-corrected chi connectivity index (χ1v) is 9.77. The molecule has 6 nitrogen and oxygen atoms in total. The lowest BCUT2D eigenvalue weighted by molar-refractivity contribution is 0.102. The average molecular weight is 422 g/mol. The van der Waals surface area contributed by atoms with Crippen LogP contribution < -0.4 is 10.1 Å². The summed E-state index contributed by atoms with van der Waals surface area (Å²) in [5, 5.41) is 2.86. The molecule has 3 aromatic heterocycles. The van der Waals surface area contributed by atoms with Crippen LogP contribution in [0.2, 0.25) is 0 Å². The minimum Gasteiger partial charge on any atom is -0.485 e. The number of anilines is 1. The monoisotopic (exact) mass is 422 g/mol. The van der Waals surface area contributed by atoms with Gasteiger partial charge in [-0.05, 0) is 49.7 Å². The van der Waals surface area contributed by atoms with E-state index in [1.165, 1.54) is 18.2 Å². The van der Waals surface area contributed by atoms with E-state index in [0.717, 1.165) is 12.1 Å². The number of imidazole rings is 1. The average Bonchev–Trinajstić information content (AvgIpc) is 3.10. The summed E-state index contributed by atoms with van der Waals surface area (Å²) in [6.45, 7) is 3.39. The number of fused-ring (bicyclic) bond motifs is 1. The van der Waals surface area contributed by atoms with Gasteiger partial charge in [-0.1, -0.05) is 13.0 Å². The molecule has 31 heavy (non-hydrogen) atoms. The molecule has 158 valence electrons. The van der Waals surface area contributed by atoms with Crippen LogP contribution in [0, 0.1) is 18.6 Å². The Morgan fingerprint density at radius 1 is 1.16 bits per heavy atom. The second-order valence-corrected chi connectivity index (χ2v) is 6.94. The van der Waals surface area contributed by atoms with Gasteiger partial charge >= 0.3 is 0 Å². The number of carbonyl (C=O) groups is 1. The SMILES string of the molecule is CCc1cc(NC(=O)c2c(C)nc3c(OCc4c(F)cccc4F)cccn23)ccn1. The quantitative estimate of drug-likeness (QED) is 0.489. The number of amides is 1. The fourth-order valence-corrected chi connectivity index (χ4v) is 3.30. The van der Waals surface area contributed by atoms with Gasteiger partial charge in [-0.2, -0.15) is 0 Å². The summed E-state index contributed by atoms with van der Waals surface area (Å²) in [7, 11) is 0. The van der Waals surface area contributed by atoms with Crippen molar-refractivity contribution in [2.45, 2.75) is 26.9 Å². The van der Waals surface area contributed by atoms with Gasteiger partial charge in [0.25, 0.3) is 5.91 Å². The van der Waals surface area contributed by atoms with Crippen molar-refractivity contribution in [2.24, 2.45) is 0 Å². The number of nitrogens with one attached hydrogen (secondary N) is 1. The van der Waals surface area contributed by atoms with Crippen molar-refractivity contribution in [3.8, 4) is 5.75 Å². The molecule has 4 rings (SSSR count). The van der Waals surface area contributed by atoms with Crippen LogP contribution in [0.4, 0.5) is 14.5 Å². The first-order valence-electron chi connectivity index (χ1n) is 9.77. The predicted molar refractivity (Wildman–Crippen MR) is 112 cm³/mol. The molecule has 0 aliphatic rings. The molecule has 3 heterocycles. The molecule has 1 aromatic carbocycles. The fraction of sp³-hybridized carbons (Fsp3) is 0.174. The van der Waals surface area contributed by atoms with E-state index in [-0.39, 0.29) is 18.1 Å². The van der Waals surface area contributed by atoms with Crippen LogP contribution in [-0.4, -0.2) is 20.3 Å². The number of nitrogens with zero attached hydrogens (tertiary/aromatic N) is 3. The minimum atomic E-state index is -0.685. The molecule has 8 heteroatoms. The number of carbonyl (C=O) groups excluding carboxylic acids is 1. The van der Waals surface area contributed by atoms with Gasteiger partial charge in [-0.3, -0.25) is 14.2 Å². The van der Waals surface area contributed by atoms with Gasteiger partial charge < -0.3 is 10.1 Å². The standard InChI is InChI=1S/C23H20F2N4O2/c1-3-15-12-16(9-10-26-15)28-23(30)21-14(2)27-22-20(8-5-11-29(21)22)31-13-17-18(24)6-4-7-19(17)25/h4-12H,3,13H2,1-2H3,(H,26,28,30). The third-order valence-corrected chi connectivity index (χ3v) is 4.87. The van der Waals surface area contributed by atoms with Crippen LogP contribution in [0.5, 0.6) is 5.75 Å². The first kappa shape index (κ1) is 20.5. The number of rotatable bonds is 6. The molecule has 0 aliphatic carbocycles. The lowest BCUT2D eigenvalue weighted by Gasteiger charge is -2.10. The van der Waals surface area contributed by atoms with E-state index in [1.54, 1.807) is 41.9 Å². The molecule has 0 radical (unpaired) electrons. The van der Waals surface area contributed by atoms with Crippen molar-refractivity contribution in [3.05, 3.63) is 89.1 Å². The number of pyridine rings is 2. The second-order valence-electron chi connectivity index (χ2n) is 6.94. The highest BCUT2D eigenvalue weighted by Gasteiger charge is 2.20. The Hall–Kier alpha value is -3.81. The maximum Gasteiger partial charge on any atom is 0.274 e. The second kappa shape index (κ2) is 8.51. The molecule has 0 bridgehead atoms. The van der Waals surface area contributed by atoms with E-state index in [1.807, 2.05) is 13.0 Å². The van der Waals surface area contributed by atoms with E-state index >= 15 is 0 Å². The number of ether oxygens (including phenoxy) is 1. The van der Waals surface area contributed by atoms with Crippen LogP contribution in [-0.2, 0) is 13.0 Å². The van der Waals surface area contributed by atoms with Crippen molar-refractivity contribution in [3.63, 3.8) is 0 Å². The van der Waals surface area contributed by atoms with Crippen molar-refractivity contribution >= 4 is 17.2 Å². The summed E-state index contributed by atoms with van der Waals surface area (Å²) in [5.41, 5.74) is 2.54. The van der Waals surface area contributed by atoms with Crippen LogP contribution in [0.15, 0.2) is 54.9 Å². The molecule has 4 aromatic rings. The lowest BCUT2D eigenvalue weighted by atomic mass is 10.2. The van der Waals surface area contributed by atoms with E-state index in [4.69, 9.17) is 4.74 Å². The van der Waals surface area contributed by atoms with Crippen molar-refractivity contribution in [2.75, 3.05) is 5.32 Å². The van der Waals surface area contributed by atoms with Gasteiger partial charge in [0.15, 0.2) is 11.4 Å². The molecule has 0 atom stereocenters. The molecule has 1 N–H and O–H groups in total. The number of hydrogen-bond donors (Lipinski definition) is 1. The number of benzene rings is 1. The smallest absolute Gasteiger partial charge is 0.274 e. The predicted octanol–water partition coefficient (Wildman–Crippen LogP) is 4.71. The molecule has 0 saturated heterocycles. The largest absolute Gasteiger partial charge is 0.485 e. The van der Waals surface area contributed by atoms with Crippen LogP contribution in [0.3, 0.4) is 0 Å². The molecule has 0 aliphatic heterocycles. The topological polar surface area (TPSA) is 68.5 Å². The minimum absolute atomic E-state index is 0.171. The van der Waals surface area contributed by atoms with Gasteiger partial charge in [0.2, 0.25) is 0 Å². The third kappa shape index (κ3) is 4.09. The highest BCUT2D eigenvalue weighted by molar-refractivity contribution is 6.04. The number of hydrogen-bond acceptors (Lipinski definition) is 4. The van der Waals surface area contributed by atoms with Crippen LogP contribution >= 0.6 is 0 Å². The maximum absolute atomic E-state index is 13.9. The Bertz CT molecular complexity index is 1250. The highest BCUT2D eigenvalue weighted by atomic mass is 19.1. The summed E-state index contributed by atoms with van der Waals surface area (Å²) >= 11 is 0. The molecule has 0 saturated carbocycles. The van der Waals surface area contributed by atoms with E-state index in [2.05, 4.69) is 15.3 Å². The zero-order valence-corrected chi connectivity index (χ0v) is 17.0. The van der Waals surface area contributed by atoms with Gasteiger partial charge in [0.05, 0.1) is 11.3 Å². The molecule has 0 spiro atoms. The van der Waals surface area contributed by atoms with Crippen molar-refractivity contribution in [1.29, 1.82) is 0 Å². The Morgan fingerprint density at radius 3 is 2.68 bits per heavy atom. The fourth-order valence-electron chi connectivity index (χ4n) is 3.30. The summed E-state index contributed by atoms with van der Waals surface area (Å²) in [6.07, 6.45) is 4.08. The summed E-state index contributed by atoms with van der Waals surface area (Å²) in [4.78, 5) is 21.6. The molecule has 0 unspecified atom stereocenters. The molecular weight excluding hydrogens is 402 g/mol. The Labute approximate surface area is 177 Å². The maximum atomic E-state index is 13.9. The zero-order valence-electron chi connectivity index (χ0n) is 17.0. The normalized spacial score (nSPS) is 11.0. The Morgan fingerprint density at radius 2 is 1.94 bits per heavy atom. The summed E-state index contributed by atoms with van der Waals surface area (Å²) in [6, 6.07) is 10.5. The number of aryl methyl sites for hydroxylation is 2. The van der Waals surface area contributed by atoms with E-state index < -0.39 is 11.6 Å². The zero-order chi connectivity index (χ0) is 22.0. The summed E-state index contributed by atoms with van der Waals surface area (Å²) in [5.74, 6) is -1.40. The van der Waals surface area contributed by atoms with Crippen molar-refractivity contribution in [1.82, 2.24) is 14.4 Å². The van der Waals surface area contributed by atoms with Crippen LogP contribution in [0.1, 0.15) is 34.4 Å². The lowest BCUT2D eigenvalue weighted by Crippen LogP contribution is -2.16. The van der Waals surface area contributed by atoms with Gasteiger partial charge in [-0.25, -0.2) is 13.8 Å².